The molecule has 3 heterocycles. The van der Waals surface area contributed by atoms with Gasteiger partial charge in [-0.2, -0.15) is 0 Å². The molecule has 3 N–H and O–H groups in total. The minimum atomic E-state index is -1.35. The lowest BCUT2D eigenvalue weighted by Gasteiger charge is -2.26. The molecule has 0 bridgehead atoms. The van der Waals surface area contributed by atoms with Crippen LogP contribution in [0.3, 0.4) is 0 Å². The minimum absolute atomic E-state index is 0. The van der Waals surface area contributed by atoms with E-state index in [0.29, 0.717) is 13.1 Å². The zero-order valence-electron chi connectivity index (χ0n) is 16.4. The molecule has 0 aliphatic carbocycles. The molecule has 154 valence electrons. The molecule has 1 fully saturated rings. The molecule has 0 amide bonds. The van der Waals surface area contributed by atoms with Gasteiger partial charge in [0.2, 0.25) is 5.43 Å². The standard InChI is InChI=1S/C19H25FN4O3.ClH/c1-5-10-7-23(9-14(10)21)17-13(20)6-11-15(25)12(18(26)27)8-24(16(11)22-17)19(2,3)4;/h6,8,10,14H,5,7,9,21H2,1-4H3,(H,26,27);1H/t10-,14+;/m0./s1. The number of nitrogens with zero attached hydrogens (tertiary/aromatic N) is 3. The number of pyridine rings is 2. The summed E-state index contributed by atoms with van der Waals surface area (Å²) in [5.41, 5.74) is 4.72. The molecule has 2 aromatic heterocycles. The van der Waals surface area contributed by atoms with Crippen LogP contribution in [0.25, 0.3) is 11.0 Å². The van der Waals surface area contributed by atoms with Crippen molar-refractivity contribution in [2.45, 2.75) is 45.7 Å². The number of aromatic nitrogens is 2. The number of nitrogens with two attached hydrogens (primary N) is 1. The second kappa shape index (κ2) is 7.67. The van der Waals surface area contributed by atoms with Gasteiger partial charge in [-0.1, -0.05) is 13.3 Å². The average Bonchev–Trinajstić information content (AvgIpc) is 2.94. The van der Waals surface area contributed by atoms with Crippen molar-refractivity contribution in [3.8, 4) is 0 Å². The number of rotatable bonds is 3. The number of hydrogen-bond acceptors (Lipinski definition) is 5. The van der Waals surface area contributed by atoms with Gasteiger partial charge < -0.3 is 20.3 Å². The van der Waals surface area contributed by atoms with Gasteiger partial charge in [0.15, 0.2) is 11.6 Å². The Morgan fingerprint density at radius 2 is 2.04 bits per heavy atom. The van der Waals surface area contributed by atoms with Crippen LogP contribution in [0, 0.1) is 11.7 Å². The normalized spacial score (nSPS) is 19.7. The van der Waals surface area contributed by atoms with E-state index in [2.05, 4.69) is 4.98 Å². The van der Waals surface area contributed by atoms with Crippen LogP contribution in [-0.2, 0) is 5.54 Å². The van der Waals surface area contributed by atoms with Crippen molar-refractivity contribution in [3.05, 3.63) is 33.9 Å². The number of carbonyl (C=O) groups is 1. The van der Waals surface area contributed by atoms with Crippen LogP contribution in [0.5, 0.6) is 0 Å². The number of fused-ring (bicyclic) bond motifs is 1. The average molecular weight is 413 g/mol. The Balaban J connectivity index is 0.00000280. The van der Waals surface area contributed by atoms with Gasteiger partial charge in [0, 0.05) is 30.9 Å². The van der Waals surface area contributed by atoms with E-state index in [9.17, 15) is 19.1 Å². The van der Waals surface area contributed by atoms with E-state index in [1.54, 1.807) is 9.47 Å². The van der Waals surface area contributed by atoms with Crippen molar-refractivity contribution < 1.29 is 14.3 Å². The minimum Gasteiger partial charge on any atom is -0.477 e. The summed E-state index contributed by atoms with van der Waals surface area (Å²) >= 11 is 0. The van der Waals surface area contributed by atoms with Gasteiger partial charge in [-0.3, -0.25) is 4.79 Å². The Labute approximate surface area is 168 Å². The number of carboxylic acid groups (broad SMARTS) is 1. The summed E-state index contributed by atoms with van der Waals surface area (Å²) < 4.78 is 16.4. The first-order valence-electron chi connectivity index (χ1n) is 9.04. The van der Waals surface area contributed by atoms with Crippen LogP contribution in [0.1, 0.15) is 44.5 Å². The molecule has 2 atom stereocenters. The summed E-state index contributed by atoms with van der Waals surface area (Å²) in [6, 6.07) is 1.03. The summed E-state index contributed by atoms with van der Waals surface area (Å²) in [6.45, 7) is 8.73. The molecule has 9 heteroatoms. The van der Waals surface area contributed by atoms with Gasteiger partial charge in [-0.05, 0) is 32.8 Å². The second-order valence-electron chi connectivity index (χ2n) is 8.12. The third-order valence-electron chi connectivity index (χ3n) is 5.18. The fraction of sp³-hybridized carbons (Fsp3) is 0.526. The Morgan fingerprint density at radius 1 is 1.39 bits per heavy atom. The lowest BCUT2D eigenvalue weighted by Crippen LogP contribution is -2.31. The Bertz CT molecular complexity index is 970. The van der Waals surface area contributed by atoms with E-state index in [0.717, 1.165) is 12.5 Å². The van der Waals surface area contributed by atoms with Gasteiger partial charge in [0.25, 0.3) is 0 Å². The molecule has 2 aromatic rings. The lowest BCUT2D eigenvalue weighted by atomic mass is 10.0. The smallest absolute Gasteiger partial charge is 0.341 e. The van der Waals surface area contributed by atoms with Crippen LogP contribution < -0.4 is 16.1 Å². The predicted molar refractivity (Wildman–Crippen MR) is 109 cm³/mol. The molecule has 1 aliphatic heterocycles. The SMILES string of the molecule is CC[C@H]1CN(c2nc3c(cc2F)c(=O)c(C(=O)O)cn3C(C)(C)C)C[C@H]1N.Cl. The van der Waals surface area contributed by atoms with Gasteiger partial charge in [0.1, 0.15) is 11.2 Å². The summed E-state index contributed by atoms with van der Waals surface area (Å²) in [7, 11) is 0. The van der Waals surface area contributed by atoms with E-state index in [-0.39, 0.29) is 41.2 Å². The summed E-state index contributed by atoms with van der Waals surface area (Å²) in [4.78, 5) is 30.3. The maximum atomic E-state index is 14.8. The quantitative estimate of drug-likeness (QED) is 0.803. The molecule has 0 unspecified atom stereocenters. The van der Waals surface area contributed by atoms with Crippen molar-refractivity contribution >= 4 is 35.2 Å². The van der Waals surface area contributed by atoms with E-state index >= 15 is 0 Å². The number of hydrogen-bond donors (Lipinski definition) is 2. The van der Waals surface area contributed by atoms with E-state index < -0.39 is 28.3 Å². The Kier molecular flexibility index (Phi) is 6.06. The number of anilines is 1. The highest BCUT2D eigenvalue weighted by molar-refractivity contribution is 5.92. The Morgan fingerprint density at radius 3 is 2.54 bits per heavy atom. The molecule has 0 spiro atoms. The van der Waals surface area contributed by atoms with Crippen LogP contribution in [0.4, 0.5) is 10.2 Å². The Hall–Kier alpha value is -2.19. The van der Waals surface area contributed by atoms with E-state index in [1.807, 2.05) is 27.7 Å². The first kappa shape index (κ1) is 22.1. The zero-order valence-corrected chi connectivity index (χ0v) is 17.2. The maximum absolute atomic E-state index is 14.8. The molecule has 0 saturated carbocycles. The van der Waals surface area contributed by atoms with Crippen molar-refractivity contribution in [1.29, 1.82) is 0 Å². The molecule has 1 aliphatic rings. The fourth-order valence-corrected chi connectivity index (χ4v) is 3.60. The van der Waals surface area contributed by atoms with Gasteiger partial charge in [-0.25, -0.2) is 14.2 Å². The number of aromatic carboxylic acids is 1. The molecule has 1 saturated heterocycles. The zero-order chi connectivity index (χ0) is 20.1. The first-order valence-corrected chi connectivity index (χ1v) is 9.04. The first-order chi connectivity index (χ1) is 12.5. The topological polar surface area (TPSA) is 101 Å². The third-order valence-corrected chi connectivity index (χ3v) is 5.18. The van der Waals surface area contributed by atoms with E-state index in [1.165, 1.54) is 6.20 Å². The second-order valence-corrected chi connectivity index (χ2v) is 8.12. The highest BCUT2D eigenvalue weighted by Crippen LogP contribution is 2.29. The van der Waals surface area contributed by atoms with Crippen LogP contribution >= 0.6 is 12.4 Å². The largest absolute Gasteiger partial charge is 0.477 e. The van der Waals surface area contributed by atoms with Crippen molar-refractivity contribution in [2.75, 3.05) is 18.0 Å². The summed E-state index contributed by atoms with van der Waals surface area (Å²) in [6.07, 6.45) is 2.17. The summed E-state index contributed by atoms with van der Waals surface area (Å²) in [5, 5.41) is 9.31. The molecule has 7 nitrogen and oxygen atoms in total. The van der Waals surface area contributed by atoms with Gasteiger partial charge in [0.05, 0.1) is 5.39 Å². The van der Waals surface area contributed by atoms with E-state index in [4.69, 9.17) is 5.73 Å². The molecule has 3 rings (SSSR count). The maximum Gasteiger partial charge on any atom is 0.341 e. The van der Waals surface area contributed by atoms with Crippen molar-refractivity contribution in [3.63, 3.8) is 0 Å². The van der Waals surface area contributed by atoms with Crippen LogP contribution in [0.2, 0.25) is 0 Å². The molecule has 0 aromatic carbocycles. The monoisotopic (exact) mass is 412 g/mol. The van der Waals surface area contributed by atoms with Crippen LogP contribution in [-0.4, -0.2) is 39.8 Å². The molecular weight excluding hydrogens is 387 g/mol. The summed E-state index contributed by atoms with van der Waals surface area (Å²) in [5.74, 6) is -1.59. The lowest BCUT2D eigenvalue weighted by molar-refractivity contribution is 0.0694. The molecular formula is C19H26ClFN4O3. The number of halogens is 2. The predicted octanol–water partition coefficient (Wildman–Crippen LogP) is 2.58. The van der Waals surface area contributed by atoms with Crippen molar-refractivity contribution in [2.24, 2.45) is 11.7 Å². The molecule has 28 heavy (non-hydrogen) atoms. The van der Waals surface area contributed by atoms with Gasteiger partial charge >= 0.3 is 5.97 Å². The molecule has 0 radical (unpaired) electrons. The number of carboxylic acids is 1. The fourth-order valence-electron chi connectivity index (χ4n) is 3.60. The highest BCUT2D eigenvalue weighted by atomic mass is 35.5. The third kappa shape index (κ3) is 3.71. The van der Waals surface area contributed by atoms with Gasteiger partial charge in [-0.15, -0.1) is 12.4 Å². The highest BCUT2D eigenvalue weighted by Gasteiger charge is 2.32. The van der Waals surface area contributed by atoms with Crippen molar-refractivity contribution in [1.82, 2.24) is 9.55 Å². The van der Waals surface area contributed by atoms with Crippen LogP contribution in [0.15, 0.2) is 17.1 Å².